The van der Waals surface area contributed by atoms with Crippen LogP contribution in [-0.2, 0) is 11.2 Å². The molecular weight excluding hydrogens is 318 g/mol. The fourth-order valence-electron chi connectivity index (χ4n) is 2.31. The van der Waals surface area contributed by atoms with Gasteiger partial charge in [-0.2, -0.15) is 0 Å². The zero-order valence-corrected chi connectivity index (χ0v) is 12.6. The van der Waals surface area contributed by atoms with Gasteiger partial charge in [-0.05, 0) is 42.3 Å². The molecule has 102 valence electrons. The van der Waals surface area contributed by atoms with E-state index >= 15 is 0 Å². The second kappa shape index (κ2) is 5.29. The highest BCUT2D eigenvalue weighted by Gasteiger charge is 2.28. The van der Waals surface area contributed by atoms with E-state index in [-0.39, 0.29) is 5.91 Å². The van der Waals surface area contributed by atoms with Gasteiger partial charge in [-0.25, -0.2) is 0 Å². The van der Waals surface area contributed by atoms with Gasteiger partial charge in [0.1, 0.15) is 5.75 Å². The van der Waals surface area contributed by atoms with Crippen LogP contribution in [0.2, 0.25) is 0 Å². The van der Waals surface area contributed by atoms with Gasteiger partial charge < -0.3 is 10.1 Å². The van der Waals surface area contributed by atoms with Crippen molar-refractivity contribution < 1.29 is 9.53 Å². The fourth-order valence-corrected chi connectivity index (χ4v) is 2.78. The highest BCUT2D eigenvalue weighted by molar-refractivity contribution is 9.10. The molecule has 0 spiro atoms. The molecule has 0 radical (unpaired) electrons. The van der Waals surface area contributed by atoms with Crippen LogP contribution in [0.25, 0.3) is 0 Å². The molecule has 2 aromatic rings. The molecule has 0 saturated carbocycles. The van der Waals surface area contributed by atoms with E-state index in [0.717, 1.165) is 27.0 Å². The Morgan fingerprint density at radius 2 is 2.10 bits per heavy atom. The number of rotatable bonds is 2. The molecule has 3 rings (SSSR count). The van der Waals surface area contributed by atoms with Gasteiger partial charge in [0.2, 0.25) is 0 Å². The van der Waals surface area contributed by atoms with Crippen LogP contribution < -0.4 is 10.1 Å². The van der Waals surface area contributed by atoms with Gasteiger partial charge >= 0.3 is 0 Å². The predicted molar refractivity (Wildman–Crippen MR) is 82.1 cm³/mol. The number of halogens is 1. The van der Waals surface area contributed by atoms with Crippen molar-refractivity contribution in [3.8, 4) is 5.75 Å². The first-order valence-electron chi connectivity index (χ1n) is 6.45. The highest BCUT2D eigenvalue weighted by Crippen LogP contribution is 2.29. The van der Waals surface area contributed by atoms with E-state index in [1.807, 2.05) is 49.4 Å². The van der Waals surface area contributed by atoms with E-state index < -0.39 is 6.10 Å². The van der Waals surface area contributed by atoms with Crippen LogP contribution in [0.1, 0.15) is 11.1 Å². The summed E-state index contributed by atoms with van der Waals surface area (Å²) in [6, 6.07) is 13.5. The Hall–Kier alpha value is -1.81. The lowest BCUT2D eigenvalue weighted by atomic mass is 10.1. The van der Waals surface area contributed by atoms with Crippen molar-refractivity contribution in [1.82, 2.24) is 0 Å². The summed E-state index contributed by atoms with van der Waals surface area (Å²) >= 11 is 3.41. The van der Waals surface area contributed by atoms with Crippen LogP contribution in [0, 0.1) is 6.92 Å². The average molecular weight is 332 g/mol. The van der Waals surface area contributed by atoms with Gasteiger partial charge in [0.05, 0.1) is 0 Å². The normalized spacial score (nSPS) is 16.4. The maximum Gasteiger partial charge on any atom is 0.265 e. The lowest BCUT2D eigenvalue weighted by Crippen LogP contribution is -2.31. The summed E-state index contributed by atoms with van der Waals surface area (Å²) < 4.78 is 6.68. The van der Waals surface area contributed by atoms with E-state index in [9.17, 15) is 4.79 Å². The molecule has 0 saturated heterocycles. The number of carbonyl (C=O) groups excluding carboxylic acids is 1. The molecule has 0 bridgehead atoms. The zero-order chi connectivity index (χ0) is 14.1. The molecule has 4 heteroatoms. The third kappa shape index (κ3) is 2.56. The summed E-state index contributed by atoms with van der Waals surface area (Å²) in [5, 5.41) is 2.93. The number of amides is 1. The van der Waals surface area contributed by atoms with Crippen molar-refractivity contribution in [2.45, 2.75) is 19.4 Å². The lowest BCUT2D eigenvalue weighted by Gasteiger charge is -2.13. The zero-order valence-electron chi connectivity index (χ0n) is 11.0. The number of ether oxygens (including phenoxy) is 1. The summed E-state index contributed by atoms with van der Waals surface area (Å²) in [6.07, 6.45) is 0.174. The average Bonchev–Trinajstić information content (AvgIpc) is 2.86. The van der Waals surface area contributed by atoms with Crippen LogP contribution in [0.4, 0.5) is 5.69 Å². The van der Waals surface area contributed by atoms with Gasteiger partial charge in [0.15, 0.2) is 6.10 Å². The largest absolute Gasteiger partial charge is 0.480 e. The lowest BCUT2D eigenvalue weighted by molar-refractivity contribution is -0.122. The standard InChI is InChI=1S/C16H14BrNO2/c1-10-8-12(17)6-7-13(10)18-16(19)15-9-11-4-2-3-5-14(11)20-15/h2-8,15H,9H2,1H3,(H,18,19)/t15-/m1/s1. The Bertz CT molecular complexity index is 644. The first-order chi connectivity index (χ1) is 9.63. The maximum atomic E-state index is 12.3. The van der Waals surface area contributed by atoms with Gasteiger partial charge in [-0.1, -0.05) is 34.1 Å². The Morgan fingerprint density at radius 1 is 1.30 bits per heavy atom. The van der Waals surface area contributed by atoms with Crippen molar-refractivity contribution in [3.63, 3.8) is 0 Å². The topological polar surface area (TPSA) is 38.3 Å². The number of carbonyl (C=O) groups is 1. The van der Waals surface area contributed by atoms with Crippen LogP contribution in [-0.4, -0.2) is 12.0 Å². The van der Waals surface area contributed by atoms with Crippen molar-refractivity contribution in [2.24, 2.45) is 0 Å². The first kappa shape index (κ1) is 13.2. The number of para-hydroxylation sites is 1. The molecule has 1 heterocycles. The second-order valence-electron chi connectivity index (χ2n) is 4.87. The smallest absolute Gasteiger partial charge is 0.265 e. The molecule has 1 aliphatic heterocycles. The summed E-state index contributed by atoms with van der Waals surface area (Å²) in [6.45, 7) is 1.96. The molecule has 3 nitrogen and oxygen atoms in total. The van der Waals surface area contributed by atoms with E-state index in [1.54, 1.807) is 0 Å². The van der Waals surface area contributed by atoms with Crippen molar-refractivity contribution in [2.75, 3.05) is 5.32 Å². The Kier molecular flexibility index (Phi) is 3.49. The Morgan fingerprint density at radius 3 is 2.85 bits per heavy atom. The van der Waals surface area contributed by atoms with Crippen molar-refractivity contribution in [1.29, 1.82) is 0 Å². The van der Waals surface area contributed by atoms with Gasteiger partial charge in [-0.3, -0.25) is 4.79 Å². The molecule has 0 fully saturated rings. The van der Waals surface area contributed by atoms with E-state index in [0.29, 0.717) is 6.42 Å². The van der Waals surface area contributed by atoms with Crippen LogP contribution >= 0.6 is 15.9 Å². The molecular formula is C16H14BrNO2. The number of aryl methyl sites for hydroxylation is 1. The first-order valence-corrected chi connectivity index (χ1v) is 7.24. The van der Waals surface area contributed by atoms with Gasteiger partial charge in [-0.15, -0.1) is 0 Å². The highest BCUT2D eigenvalue weighted by atomic mass is 79.9. The SMILES string of the molecule is Cc1cc(Br)ccc1NC(=O)[C@H]1Cc2ccccc2O1. The fraction of sp³-hybridized carbons (Fsp3) is 0.188. The third-order valence-corrected chi connectivity index (χ3v) is 3.88. The molecule has 20 heavy (non-hydrogen) atoms. The van der Waals surface area contributed by atoms with Crippen LogP contribution in [0.15, 0.2) is 46.9 Å². The van der Waals surface area contributed by atoms with Gasteiger partial charge in [0, 0.05) is 16.6 Å². The predicted octanol–water partition coefficient (Wildman–Crippen LogP) is 3.70. The number of benzene rings is 2. The summed E-state index contributed by atoms with van der Waals surface area (Å²) in [7, 11) is 0. The van der Waals surface area contributed by atoms with Crippen LogP contribution in [0.5, 0.6) is 5.75 Å². The number of hydrogen-bond donors (Lipinski definition) is 1. The minimum absolute atomic E-state index is 0.105. The van der Waals surface area contributed by atoms with Crippen molar-refractivity contribution >= 4 is 27.5 Å². The maximum absolute atomic E-state index is 12.3. The number of hydrogen-bond acceptors (Lipinski definition) is 2. The quantitative estimate of drug-likeness (QED) is 0.911. The van der Waals surface area contributed by atoms with E-state index in [2.05, 4.69) is 21.2 Å². The summed E-state index contributed by atoms with van der Waals surface area (Å²) in [5.41, 5.74) is 2.92. The monoisotopic (exact) mass is 331 g/mol. The van der Waals surface area contributed by atoms with E-state index in [4.69, 9.17) is 4.74 Å². The van der Waals surface area contributed by atoms with Crippen LogP contribution in [0.3, 0.4) is 0 Å². The molecule has 0 aromatic heterocycles. The van der Waals surface area contributed by atoms with Crippen molar-refractivity contribution in [3.05, 3.63) is 58.1 Å². The summed E-state index contributed by atoms with van der Waals surface area (Å²) in [5.74, 6) is 0.701. The minimum atomic E-state index is -0.449. The molecule has 1 aliphatic rings. The molecule has 1 atom stereocenters. The number of nitrogens with one attached hydrogen (secondary N) is 1. The van der Waals surface area contributed by atoms with E-state index in [1.165, 1.54) is 0 Å². The second-order valence-corrected chi connectivity index (χ2v) is 5.78. The molecule has 0 unspecified atom stereocenters. The third-order valence-electron chi connectivity index (χ3n) is 3.39. The Labute approximate surface area is 126 Å². The Balaban J connectivity index is 1.72. The molecule has 1 N–H and O–H groups in total. The summed E-state index contributed by atoms with van der Waals surface area (Å²) in [4.78, 5) is 12.3. The molecule has 2 aromatic carbocycles. The number of fused-ring (bicyclic) bond motifs is 1. The molecule has 1 amide bonds. The van der Waals surface area contributed by atoms with Gasteiger partial charge in [0.25, 0.3) is 5.91 Å². The molecule has 0 aliphatic carbocycles. The minimum Gasteiger partial charge on any atom is -0.480 e. The number of anilines is 1.